The molecule has 9 heteroatoms. The quantitative estimate of drug-likeness (QED) is 0.559. The molecule has 0 bridgehead atoms. The van der Waals surface area contributed by atoms with Crippen LogP contribution < -0.4 is 20.5 Å². The lowest BCUT2D eigenvalue weighted by Crippen LogP contribution is -2.16. The molecule has 32 heavy (non-hydrogen) atoms. The van der Waals surface area contributed by atoms with Crippen molar-refractivity contribution < 1.29 is 18.8 Å². The average molecular weight is 438 g/mol. The van der Waals surface area contributed by atoms with Gasteiger partial charge in [0.15, 0.2) is 0 Å². The molecule has 1 aliphatic carbocycles. The third-order valence-electron chi connectivity index (χ3n) is 5.78. The predicted octanol–water partition coefficient (Wildman–Crippen LogP) is 4.35. The Morgan fingerprint density at radius 1 is 1.12 bits per heavy atom. The molecule has 168 valence electrons. The fraction of sp³-hybridized carbons (Fsp3) is 0.391. The van der Waals surface area contributed by atoms with Crippen LogP contribution in [0.4, 0.5) is 11.6 Å². The van der Waals surface area contributed by atoms with Crippen LogP contribution in [-0.2, 0) is 0 Å². The van der Waals surface area contributed by atoms with E-state index in [-0.39, 0.29) is 11.5 Å². The zero-order chi connectivity index (χ0) is 22.7. The van der Waals surface area contributed by atoms with E-state index in [2.05, 4.69) is 20.4 Å². The van der Waals surface area contributed by atoms with E-state index in [1.807, 2.05) is 6.92 Å². The van der Waals surface area contributed by atoms with Crippen molar-refractivity contribution in [3.8, 4) is 22.8 Å². The van der Waals surface area contributed by atoms with Crippen LogP contribution in [0, 0.1) is 6.92 Å². The van der Waals surface area contributed by atoms with Crippen molar-refractivity contribution >= 4 is 17.5 Å². The van der Waals surface area contributed by atoms with E-state index in [0.717, 1.165) is 36.9 Å². The van der Waals surface area contributed by atoms with Gasteiger partial charge in [-0.25, -0.2) is 9.97 Å². The summed E-state index contributed by atoms with van der Waals surface area (Å²) in [6.07, 6.45) is 7.01. The molecule has 1 saturated carbocycles. The van der Waals surface area contributed by atoms with Crippen LogP contribution in [0.1, 0.15) is 59.8 Å². The Morgan fingerprint density at radius 3 is 2.44 bits per heavy atom. The van der Waals surface area contributed by atoms with Crippen LogP contribution in [0.5, 0.6) is 11.5 Å². The Labute approximate surface area is 186 Å². The Kier molecular flexibility index (Phi) is 6.25. The van der Waals surface area contributed by atoms with Crippen molar-refractivity contribution in [1.29, 1.82) is 0 Å². The molecule has 2 aromatic heterocycles. The van der Waals surface area contributed by atoms with E-state index >= 15 is 0 Å². The van der Waals surface area contributed by atoms with Gasteiger partial charge in [-0.2, -0.15) is 0 Å². The van der Waals surface area contributed by atoms with Crippen LogP contribution in [0.3, 0.4) is 0 Å². The molecule has 3 N–H and O–H groups in total. The third-order valence-corrected chi connectivity index (χ3v) is 5.78. The highest BCUT2D eigenvalue weighted by Crippen LogP contribution is 2.39. The fourth-order valence-electron chi connectivity index (χ4n) is 4.15. The number of amides is 1. The second-order valence-electron chi connectivity index (χ2n) is 7.88. The molecule has 0 aliphatic heterocycles. The van der Waals surface area contributed by atoms with Crippen LogP contribution in [-0.4, -0.2) is 35.3 Å². The first-order valence-corrected chi connectivity index (χ1v) is 10.6. The number of nitrogens with two attached hydrogens (primary N) is 1. The molecule has 1 aromatic carbocycles. The van der Waals surface area contributed by atoms with Gasteiger partial charge < -0.3 is 25.0 Å². The largest absolute Gasteiger partial charge is 0.497 e. The van der Waals surface area contributed by atoms with Gasteiger partial charge in [-0.1, -0.05) is 24.4 Å². The van der Waals surface area contributed by atoms with Gasteiger partial charge in [0.05, 0.1) is 36.7 Å². The van der Waals surface area contributed by atoms with Gasteiger partial charge in [0.1, 0.15) is 17.3 Å². The third kappa shape index (κ3) is 4.37. The summed E-state index contributed by atoms with van der Waals surface area (Å²) in [6, 6.07) is 5.36. The molecule has 1 amide bonds. The van der Waals surface area contributed by atoms with E-state index in [4.69, 9.17) is 19.7 Å². The Hall–Kier alpha value is -3.62. The highest BCUT2D eigenvalue weighted by atomic mass is 16.5. The standard InChI is InChI=1S/C23H27N5O4/c1-13-19(20(28-32-13)14-7-5-4-6-8-14)21-18(22(24)29)12-25-23(27-21)26-15-9-16(30-2)11-17(10-15)31-3/h9-12,14H,4-8H2,1-3H3,(H2,24,29)(H,25,26,27). The number of nitrogens with zero attached hydrogens (tertiary/aromatic N) is 3. The lowest BCUT2D eigenvalue weighted by Gasteiger charge is -2.20. The number of hydrogen-bond donors (Lipinski definition) is 2. The molecule has 1 aliphatic rings. The smallest absolute Gasteiger partial charge is 0.252 e. The van der Waals surface area contributed by atoms with Crippen LogP contribution in [0.15, 0.2) is 28.9 Å². The maximum Gasteiger partial charge on any atom is 0.252 e. The molecule has 0 spiro atoms. The maximum absolute atomic E-state index is 12.2. The zero-order valence-electron chi connectivity index (χ0n) is 18.5. The lowest BCUT2D eigenvalue weighted by atomic mass is 9.84. The lowest BCUT2D eigenvalue weighted by molar-refractivity contribution is 0.100. The summed E-state index contributed by atoms with van der Waals surface area (Å²) in [5.41, 5.74) is 8.53. The average Bonchev–Trinajstić information content (AvgIpc) is 3.20. The molecule has 3 aromatic rings. The molecule has 0 atom stereocenters. The molecule has 9 nitrogen and oxygen atoms in total. The van der Waals surface area contributed by atoms with Gasteiger partial charge in [-0.15, -0.1) is 0 Å². The van der Waals surface area contributed by atoms with Crippen molar-refractivity contribution in [1.82, 2.24) is 15.1 Å². The summed E-state index contributed by atoms with van der Waals surface area (Å²) < 4.78 is 16.2. The van der Waals surface area contributed by atoms with E-state index in [9.17, 15) is 4.79 Å². The number of ether oxygens (including phenoxy) is 2. The number of primary amides is 1. The van der Waals surface area contributed by atoms with Crippen molar-refractivity contribution in [3.05, 3.63) is 41.4 Å². The topological polar surface area (TPSA) is 125 Å². The van der Waals surface area contributed by atoms with Gasteiger partial charge in [-0.3, -0.25) is 4.79 Å². The second kappa shape index (κ2) is 9.25. The maximum atomic E-state index is 12.2. The summed E-state index contributed by atoms with van der Waals surface area (Å²) in [4.78, 5) is 21.1. The number of rotatable bonds is 7. The number of methoxy groups -OCH3 is 2. The number of aromatic nitrogens is 3. The number of carbonyl (C=O) groups excluding carboxylic acids is 1. The van der Waals surface area contributed by atoms with Crippen molar-refractivity contribution in [3.63, 3.8) is 0 Å². The normalized spacial score (nSPS) is 14.2. The number of hydrogen-bond acceptors (Lipinski definition) is 8. The Bertz CT molecular complexity index is 1100. The minimum absolute atomic E-state index is 0.224. The van der Waals surface area contributed by atoms with Crippen molar-refractivity contribution in [2.75, 3.05) is 19.5 Å². The minimum Gasteiger partial charge on any atom is -0.497 e. The number of nitrogens with one attached hydrogen (secondary N) is 1. The predicted molar refractivity (Wildman–Crippen MR) is 119 cm³/mol. The number of benzene rings is 1. The van der Waals surface area contributed by atoms with Gasteiger partial charge >= 0.3 is 0 Å². The number of anilines is 2. The molecule has 1 fully saturated rings. The molecular formula is C23H27N5O4. The van der Waals surface area contributed by atoms with Crippen molar-refractivity contribution in [2.45, 2.75) is 44.9 Å². The van der Waals surface area contributed by atoms with E-state index < -0.39 is 5.91 Å². The summed E-state index contributed by atoms with van der Waals surface area (Å²) >= 11 is 0. The van der Waals surface area contributed by atoms with Gasteiger partial charge in [0.25, 0.3) is 5.91 Å². The Balaban J connectivity index is 1.76. The van der Waals surface area contributed by atoms with Gasteiger partial charge in [-0.05, 0) is 19.8 Å². The molecule has 4 rings (SSSR count). The minimum atomic E-state index is -0.607. The molecule has 0 unspecified atom stereocenters. The Morgan fingerprint density at radius 2 is 1.81 bits per heavy atom. The molecule has 0 radical (unpaired) electrons. The first-order valence-electron chi connectivity index (χ1n) is 10.6. The second-order valence-corrected chi connectivity index (χ2v) is 7.88. The molecular weight excluding hydrogens is 410 g/mol. The first-order chi connectivity index (χ1) is 15.5. The van der Waals surface area contributed by atoms with Gasteiger partial charge in [0.2, 0.25) is 5.95 Å². The number of aryl methyl sites for hydroxylation is 1. The highest BCUT2D eigenvalue weighted by molar-refractivity contribution is 5.99. The number of carbonyl (C=O) groups is 1. The zero-order valence-corrected chi connectivity index (χ0v) is 18.5. The molecule has 0 saturated heterocycles. The van der Waals surface area contributed by atoms with E-state index in [1.54, 1.807) is 32.4 Å². The fourth-order valence-corrected chi connectivity index (χ4v) is 4.15. The van der Waals surface area contributed by atoms with Crippen LogP contribution >= 0.6 is 0 Å². The first kappa shape index (κ1) is 21.6. The molecule has 2 heterocycles. The summed E-state index contributed by atoms with van der Waals surface area (Å²) in [5, 5.41) is 7.49. The summed E-state index contributed by atoms with van der Waals surface area (Å²) in [7, 11) is 3.16. The monoisotopic (exact) mass is 437 g/mol. The van der Waals surface area contributed by atoms with E-state index in [0.29, 0.717) is 34.6 Å². The highest BCUT2D eigenvalue weighted by Gasteiger charge is 2.28. The SMILES string of the molecule is COc1cc(Nc2ncc(C(N)=O)c(-c3c(C4CCCCC4)noc3C)n2)cc(OC)c1. The van der Waals surface area contributed by atoms with Crippen LogP contribution in [0.25, 0.3) is 11.3 Å². The van der Waals surface area contributed by atoms with E-state index in [1.165, 1.54) is 12.6 Å². The van der Waals surface area contributed by atoms with Crippen molar-refractivity contribution in [2.24, 2.45) is 5.73 Å². The summed E-state index contributed by atoms with van der Waals surface area (Å²) in [5.74, 6) is 1.80. The van der Waals surface area contributed by atoms with Gasteiger partial charge in [0, 0.05) is 36.0 Å². The van der Waals surface area contributed by atoms with Crippen LogP contribution in [0.2, 0.25) is 0 Å². The summed E-state index contributed by atoms with van der Waals surface area (Å²) in [6.45, 7) is 1.82.